The molecule has 0 aromatic heterocycles. The third-order valence-electron chi connectivity index (χ3n) is 4.39. The Morgan fingerprint density at radius 1 is 1.21 bits per heavy atom. The first-order valence-electron chi connectivity index (χ1n) is 7.42. The van der Waals surface area contributed by atoms with Crippen molar-refractivity contribution in [3.63, 3.8) is 0 Å². The standard InChI is InChI=1S/C16H22BrNO/c17-16-7-2-1-6-15(16)12-9-13(10-12)18-11-14-5-3-4-8-19-14/h1-2,6-7,12-14,18H,3-5,8-11H2. The molecule has 1 heterocycles. The Kier molecular flexibility index (Phi) is 4.57. The lowest BCUT2D eigenvalue weighted by molar-refractivity contribution is 0.0132. The van der Waals surface area contributed by atoms with E-state index in [-0.39, 0.29) is 0 Å². The van der Waals surface area contributed by atoms with Crippen LogP contribution in [0, 0.1) is 0 Å². The number of hydrogen-bond acceptors (Lipinski definition) is 2. The van der Waals surface area contributed by atoms with Gasteiger partial charge in [0.15, 0.2) is 0 Å². The van der Waals surface area contributed by atoms with Gasteiger partial charge in [-0.25, -0.2) is 0 Å². The highest BCUT2D eigenvalue weighted by Gasteiger charge is 2.31. The Bertz CT molecular complexity index is 411. The first kappa shape index (κ1) is 13.6. The summed E-state index contributed by atoms with van der Waals surface area (Å²) in [6.45, 7) is 1.99. The van der Waals surface area contributed by atoms with Crippen LogP contribution in [0.15, 0.2) is 28.7 Å². The third-order valence-corrected chi connectivity index (χ3v) is 5.11. The van der Waals surface area contributed by atoms with Crippen molar-refractivity contribution in [1.29, 1.82) is 0 Å². The molecule has 1 saturated carbocycles. The molecule has 2 fully saturated rings. The molecule has 0 radical (unpaired) electrons. The van der Waals surface area contributed by atoms with Crippen molar-refractivity contribution in [1.82, 2.24) is 5.32 Å². The summed E-state index contributed by atoms with van der Waals surface area (Å²) in [7, 11) is 0. The van der Waals surface area contributed by atoms with Gasteiger partial charge in [0.1, 0.15) is 0 Å². The van der Waals surface area contributed by atoms with Gasteiger partial charge in [-0.15, -0.1) is 0 Å². The van der Waals surface area contributed by atoms with Crippen LogP contribution in [-0.2, 0) is 4.74 Å². The summed E-state index contributed by atoms with van der Waals surface area (Å²) >= 11 is 3.65. The molecule has 19 heavy (non-hydrogen) atoms. The quantitative estimate of drug-likeness (QED) is 0.908. The largest absolute Gasteiger partial charge is 0.377 e. The minimum absolute atomic E-state index is 0.455. The second-order valence-corrected chi connectivity index (χ2v) is 6.64. The van der Waals surface area contributed by atoms with E-state index in [1.807, 2.05) is 0 Å². The van der Waals surface area contributed by atoms with Crippen molar-refractivity contribution in [3.8, 4) is 0 Å². The molecule has 104 valence electrons. The molecule has 0 spiro atoms. The van der Waals surface area contributed by atoms with Gasteiger partial charge >= 0.3 is 0 Å². The highest BCUT2D eigenvalue weighted by Crippen LogP contribution is 2.39. The van der Waals surface area contributed by atoms with E-state index in [1.54, 1.807) is 0 Å². The van der Waals surface area contributed by atoms with Crippen molar-refractivity contribution in [2.24, 2.45) is 0 Å². The summed E-state index contributed by atoms with van der Waals surface area (Å²) in [6, 6.07) is 9.29. The minimum atomic E-state index is 0.455. The number of nitrogens with one attached hydrogen (secondary N) is 1. The fourth-order valence-corrected chi connectivity index (χ4v) is 3.72. The zero-order valence-electron chi connectivity index (χ0n) is 11.3. The maximum Gasteiger partial charge on any atom is 0.0699 e. The molecule has 1 unspecified atom stereocenters. The first-order chi connectivity index (χ1) is 9.33. The lowest BCUT2D eigenvalue weighted by Gasteiger charge is -2.38. The Morgan fingerprint density at radius 2 is 2.05 bits per heavy atom. The van der Waals surface area contributed by atoms with Crippen LogP contribution in [0.3, 0.4) is 0 Å². The molecule has 2 aliphatic rings. The third kappa shape index (κ3) is 3.39. The fourth-order valence-electron chi connectivity index (χ4n) is 3.11. The predicted octanol–water partition coefficient (Wildman–Crippen LogP) is 3.85. The van der Waals surface area contributed by atoms with Crippen molar-refractivity contribution in [2.45, 2.75) is 50.2 Å². The van der Waals surface area contributed by atoms with Gasteiger partial charge in [0, 0.05) is 23.7 Å². The van der Waals surface area contributed by atoms with Crippen LogP contribution in [0.1, 0.15) is 43.6 Å². The van der Waals surface area contributed by atoms with E-state index in [9.17, 15) is 0 Å². The fraction of sp³-hybridized carbons (Fsp3) is 0.625. The normalized spacial score (nSPS) is 30.9. The number of benzene rings is 1. The lowest BCUT2D eigenvalue weighted by Crippen LogP contribution is -2.44. The van der Waals surface area contributed by atoms with Crippen LogP contribution in [-0.4, -0.2) is 25.3 Å². The molecular formula is C16H22BrNO. The maximum absolute atomic E-state index is 5.76. The number of halogens is 1. The molecule has 1 atom stereocenters. The summed E-state index contributed by atoms with van der Waals surface area (Å²) in [5.74, 6) is 0.723. The van der Waals surface area contributed by atoms with Gasteiger partial charge in [-0.3, -0.25) is 0 Å². The van der Waals surface area contributed by atoms with Gasteiger partial charge in [-0.05, 0) is 49.7 Å². The van der Waals surface area contributed by atoms with Crippen LogP contribution in [0.2, 0.25) is 0 Å². The number of ether oxygens (including phenoxy) is 1. The van der Waals surface area contributed by atoms with Crippen molar-refractivity contribution in [3.05, 3.63) is 34.3 Å². The van der Waals surface area contributed by atoms with Crippen LogP contribution in [0.5, 0.6) is 0 Å². The van der Waals surface area contributed by atoms with Crippen LogP contribution < -0.4 is 5.32 Å². The molecule has 1 saturated heterocycles. The zero-order valence-corrected chi connectivity index (χ0v) is 12.9. The van der Waals surface area contributed by atoms with Gasteiger partial charge in [-0.2, -0.15) is 0 Å². The smallest absolute Gasteiger partial charge is 0.0699 e. The van der Waals surface area contributed by atoms with E-state index >= 15 is 0 Å². The van der Waals surface area contributed by atoms with E-state index < -0.39 is 0 Å². The molecule has 1 aliphatic carbocycles. The Labute approximate surface area is 124 Å². The van der Waals surface area contributed by atoms with E-state index in [1.165, 1.54) is 42.1 Å². The molecule has 3 rings (SSSR count). The monoisotopic (exact) mass is 323 g/mol. The van der Waals surface area contributed by atoms with E-state index in [0.29, 0.717) is 12.1 Å². The molecule has 1 aromatic rings. The van der Waals surface area contributed by atoms with Crippen LogP contribution >= 0.6 is 15.9 Å². The van der Waals surface area contributed by atoms with E-state index in [4.69, 9.17) is 4.74 Å². The second-order valence-electron chi connectivity index (χ2n) is 5.78. The average molecular weight is 324 g/mol. The van der Waals surface area contributed by atoms with Gasteiger partial charge in [0.2, 0.25) is 0 Å². The SMILES string of the molecule is Brc1ccccc1C1CC(NCC2CCCCO2)C1. The summed E-state index contributed by atoms with van der Waals surface area (Å²) in [5.41, 5.74) is 1.47. The summed E-state index contributed by atoms with van der Waals surface area (Å²) in [5, 5.41) is 3.67. The molecule has 1 N–H and O–H groups in total. The van der Waals surface area contributed by atoms with Gasteiger partial charge in [0.25, 0.3) is 0 Å². The highest BCUT2D eigenvalue weighted by molar-refractivity contribution is 9.10. The summed E-state index contributed by atoms with van der Waals surface area (Å²) in [4.78, 5) is 0. The van der Waals surface area contributed by atoms with Crippen LogP contribution in [0.4, 0.5) is 0 Å². The van der Waals surface area contributed by atoms with Gasteiger partial charge in [0.05, 0.1) is 6.10 Å². The van der Waals surface area contributed by atoms with Crippen LogP contribution in [0.25, 0.3) is 0 Å². The van der Waals surface area contributed by atoms with Crippen molar-refractivity contribution < 1.29 is 4.74 Å². The summed E-state index contributed by atoms with van der Waals surface area (Å²) in [6.07, 6.45) is 6.77. The second kappa shape index (κ2) is 6.38. The Balaban J connectivity index is 1.42. The molecule has 1 aliphatic heterocycles. The predicted molar refractivity (Wildman–Crippen MR) is 81.5 cm³/mol. The van der Waals surface area contributed by atoms with Gasteiger partial charge in [-0.1, -0.05) is 34.1 Å². The zero-order chi connectivity index (χ0) is 13.1. The van der Waals surface area contributed by atoms with Crippen molar-refractivity contribution in [2.75, 3.05) is 13.2 Å². The topological polar surface area (TPSA) is 21.3 Å². The first-order valence-corrected chi connectivity index (χ1v) is 8.21. The van der Waals surface area contributed by atoms with E-state index in [0.717, 1.165) is 19.1 Å². The Hall–Kier alpha value is -0.380. The molecule has 3 heteroatoms. The van der Waals surface area contributed by atoms with Crippen molar-refractivity contribution >= 4 is 15.9 Å². The Morgan fingerprint density at radius 3 is 2.79 bits per heavy atom. The minimum Gasteiger partial charge on any atom is -0.377 e. The average Bonchev–Trinajstić information content (AvgIpc) is 2.40. The summed E-state index contributed by atoms with van der Waals surface area (Å²) < 4.78 is 7.02. The molecular weight excluding hydrogens is 302 g/mol. The van der Waals surface area contributed by atoms with Gasteiger partial charge < -0.3 is 10.1 Å². The van der Waals surface area contributed by atoms with E-state index in [2.05, 4.69) is 45.5 Å². The molecule has 0 amide bonds. The highest BCUT2D eigenvalue weighted by atomic mass is 79.9. The molecule has 0 bridgehead atoms. The lowest BCUT2D eigenvalue weighted by atomic mass is 9.76. The number of hydrogen-bond donors (Lipinski definition) is 1. The molecule has 1 aromatic carbocycles. The molecule has 2 nitrogen and oxygen atoms in total. The maximum atomic E-state index is 5.76. The number of rotatable bonds is 4.